The fourth-order valence-corrected chi connectivity index (χ4v) is 3.85. The van der Waals surface area contributed by atoms with Crippen molar-refractivity contribution in [1.82, 2.24) is 15.1 Å². The molecule has 1 N–H and O–H groups in total. The summed E-state index contributed by atoms with van der Waals surface area (Å²) in [5.74, 6) is 0.835. The summed E-state index contributed by atoms with van der Waals surface area (Å²) in [6.07, 6.45) is 4.85. The number of ether oxygens (including phenoxy) is 1. The number of aryl methyl sites for hydroxylation is 1. The molecule has 5 heteroatoms. The van der Waals surface area contributed by atoms with Crippen molar-refractivity contribution in [3.8, 4) is 5.75 Å². The fraction of sp³-hybridized carbons (Fsp3) is 0.304. The van der Waals surface area contributed by atoms with Gasteiger partial charge in [-0.3, -0.25) is 9.48 Å². The number of para-hydroxylation sites is 1. The molecule has 1 aliphatic rings. The molecule has 1 unspecified atom stereocenters. The number of carbonyl (C=O) groups excluding carboxylic acids is 1. The monoisotopic (exact) mass is 375 g/mol. The van der Waals surface area contributed by atoms with Gasteiger partial charge in [-0.25, -0.2) is 0 Å². The normalized spacial score (nSPS) is 15.7. The molecule has 5 nitrogen and oxygen atoms in total. The standard InChI is InChI=1S/C23H25N3O2/c1-16-10-12-17(13-11-16)23(27)25-20-7-5-8-21-19(20)14-24-26(21)15-18-6-3-4-9-22(18)28-2/h3-4,6,9-14,20H,5,7-8,15H2,1-2H3,(H,25,27). The van der Waals surface area contributed by atoms with Crippen LogP contribution in [-0.2, 0) is 13.0 Å². The minimum Gasteiger partial charge on any atom is -0.496 e. The summed E-state index contributed by atoms with van der Waals surface area (Å²) in [5, 5.41) is 7.81. The Balaban J connectivity index is 1.54. The zero-order valence-electron chi connectivity index (χ0n) is 16.3. The second-order valence-electron chi connectivity index (χ2n) is 7.30. The van der Waals surface area contributed by atoms with Gasteiger partial charge in [-0.2, -0.15) is 5.10 Å². The summed E-state index contributed by atoms with van der Waals surface area (Å²) in [4.78, 5) is 12.7. The van der Waals surface area contributed by atoms with Crippen molar-refractivity contribution in [2.75, 3.05) is 7.11 Å². The van der Waals surface area contributed by atoms with Crippen molar-refractivity contribution in [2.45, 2.75) is 38.8 Å². The molecule has 0 radical (unpaired) electrons. The Morgan fingerprint density at radius 1 is 1.21 bits per heavy atom. The summed E-state index contributed by atoms with van der Waals surface area (Å²) in [6.45, 7) is 2.68. The average Bonchev–Trinajstić information content (AvgIpc) is 3.13. The molecule has 1 amide bonds. The highest BCUT2D eigenvalue weighted by molar-refractivity contribution is 5.94. The summed E-state index contributed by atoms with van der Waals surface area (Å²) in [5.41, 5.74) is 5.27. The number of hydrogen-bond acceptors (Lipinski definition) is 3. The number of aromatic nitrogens is 2. The van der Waals surface area contributed by atoms with Crippen LogP contribution in [0, 0.1) is 6.92 Å². The van der Waals surface area contributed by atoms with Crippen LogP contribution in [0.15, 0.2) is 54.7 Å². The number of amides is 1. The van der Waals surface area contributed by atoms with E-state index in [-0.39, 0.29) is 11.9 Å². The first-order chi connectivity index (χ1) is 13.7. The summed E-state index contributed by atoms with van der Waals surface area (Å²) in [6, 6.07) is 15.7. The number of hydrogen-bond donors (Lipinski definition) is 1. The molecule has 0 aliphatic heterocycles. The third kappa shape index (κ3) is 3.65. The lowest BCUT2D eigenvalue weighted by Gasteiger charge is -2.24. The van der Waals surface area contributed by atoms with Crippen LogP contribution in [0.25, 0.3) is 0 Å². The third-order valence-electron chi connectivity index (χ3n) is 5.39. The van der Waals surface area contributed by atoms with Gasteiger partial charge < -0.3 is 10.1 Å². The first kappa shape index (κ1) is 18.3. The Hall–Kier alpha value is -3.08. The smallest absolute Gasteiger partial charge is 0.251 e. The van der Waals surface area contributed by atoms with Gasteiger partial charge in [0.1, 0.15) is 5.75 Å². The van der Waals surface area contributed by atoms with Crippen molar-refractivity contribution in [2.24, 2.45) is 0 Å². The number of methoxy groups -OCH3 is 1. The van der Waals surface area contributed by atoms with Crippen molar-refractivity contribution in [3.63, 3.8) is 0 Å². The van der Waals surface area contributed by atoms with Gasteiger partial charge in [0, 0.05) is 22.4 Å². The van der Waals surface area contributed by atoms with Crippen molar-refractivity contribution in [3.05, 3.63) is 82.7 Å². The van der Waals surface area contributed by atoms with Crippen LogP contribution < -0.4 is 10.1 Å². The van der Waals surface area contributed by atoms with Crippen molar-refractivity contribution < 1.29 is 9.53 Å². The first-order valence-electron chi connectivity index (χ1n) is 9.69. The van der Waals surface area contributed by atoms with E-state index < -0.39 is 0 Å². The van der Waals surface area contributed by atoms with Gasteiger partial charge >= 0.3 is 0 Å². The topological polar surface area (TPSA) is 56.1 Å². The molecule has 2 aromatic carbocycles. The zero-order valence-corrected chi connectivity index (χ0v) is 16.3. The molecule has 1 atom stereocenters. The van der Waals surface area contributed by atoms with E-state index >= 15 is 0 Å². The fourth-order valence-electron chi connectivity index (χ4n) is 3.85. The van der Waals surface area contributed by atoms with Crippen LogP contribution in [0.2, 0.25) is 0 Å². The molecule has 0 fully saturated rings. The Bertz CT molecular complexity index is 976. The van der Waals surface area contributed by atoms with Crippen molar-refractivity contribution >= 4 is 5.91 Å². The third-order valence-corrected chi connectivity index (χ3v) is 5.39. The van der Waals surface area contributed by atoms with E-state index in [9.17, 15) is 4.79 Å². The number of carbonyl (C=O) groups is 1. The molecular weight excluding hydrogens is 350 g/mol. The largest absolute Gasteiger partial charge is 0.496 e. The lowest BCUT2D eigenvalue weighted by molar-refractivity contribution is 0.0932. The number of nitrogens with one attached hydrogen (secondary N) is 1. The molecule has 0 saturated carbocycles. The summed E-state index contributed by atoms with van der Waals surface area (Å²) < 4.78 is 7.51. The van der Waals surface area contributed by atoms with E-state index in [1.54, 1.807) is 7.11 Å². The lowest BCUT2D eigenvalue weighted by Crippen LogP contribution is -2.31. The second-order valence-corrected chi connectivity index (χ2v) is 7.30. The molecule has 0 saturated heterocycles. The molecule has 1 aliphatic carbocycles. The highest BCUT2D eigenvalue weighted by Gasteiger charge is 2.26. The lowest BCUT2D eigenvalue weighted by atomic mass is 9.92. The van der Waals surface area contributed by atoms with Crippen LogP contribution in [0.1, 0.15) is 51.6 Å². The van der Waals surface area contributed by atoms with Gasteiger partial charge in [-0.05, 0) is 44.4 Å². The maximum Gasteiger partial charge on any atom is 0.251 e. The molecule has 4 rings (SSSR count). The maximum absolute atomic E-state index is 12.7. The van der Waals surface area contributed by atoms with Gasteiger partial charge in [0.25, 0.3) is 5.91 Å². The highest BCUT2D eigenvalue weighted by Crippen LogP contribution is 2.31. The van der Waals surface area contributed by atoms with Crippen LogP contribution in [0.5, 0.6) is 5.75 Å². The minimum absolute atomic E-state index is 0.00368. The number of benzene rings is 2. The molecule has 1 aromatic heterocycles. The minimum atomic E-state index is -0.0321. The van der Waals surface area contributed by atoms with Gasteiger partial charge in [0.05, 0.1) is 25.9 Å². The van der Waals surface area contributed by atoms with Crippen LogP contribution in [0.3, 0.4) is 0 Å². The highest BCUT2D eigenvalue weighted by atomic mass is 16.5. The molecule has 0 bridgehead atoms. The Kier molecular flexibility index (Phi) is 5.15. The summed E-state index contributed by atoms with van der Waals surface area (Å²) >= 11 is 0. The predicted octanol–water partition coefficient (Wildman–Crippen LogP) is 4.06. The van der Waals surface area contributed by atoms with Gasteiger partial charge in [-0.15, -0.1) is 0 Å². The molecule has 1 heterocycles. The number of rotatable bonds is 5. The maximum atomic E-state index is 12.7. The summed E-state index contributed by atoms with van der Waals surface area (Å²) in [7, 11) is 1.69. The van der Waals surface area contributed by atoms with Crippen molar-refractivity contribution in [1.29, 1.82) is 0 Å². The van der Waals surface area contributed by atoms with E-state index in [0.29, 0.717) is 12.1 Å². The van der Waals surface area contributed by atoms with Crippen LogP contribution >= 0.6 is 0 Å². The van der Waals surface area contributed by atoms with Gasteiger partial charge in [0.15, 0.2) is 0 Å². The van der Waals surface area contributed by atoms with E-state index in [1.807, 2.05) is 60.3 Å². The molecular formula is C23H25N3O2. The van der Waals surface area contributed by atoms with Crippen LogP contribution in [-0.4, -0.2) is 22.8 Å². The zero-order chi connectivity index (χ0) is 19.5. The second kappa shape index (κ2) is 7.89. The van der Waals surface area contributed by atoms with Gasteiger partial charge in [0.2, 0.25) is 0 Å². The predicted molar refractivity (Wildman–Crippen MR) is 109 cm³/mol. The number of nitrogens with zero attached hydrogens (tertiary/aromatic N) is 2. The molecule has 0 spiro atoms. The first-order valence-corrected chi connectivity index (χ1v) is 9.69. The number of fused-ring (bicyclic) bond motifs is 1. The molecule has 3 aromatic rings. The van der Waals surface area contributed by atoms with Crippen LogP contribution in [0.4, 0.5) is 0 Å². The Labute approximate surface area is 165 Å². The molecule has 28 heavy (non-hydrogen) atoms. The van der Waals surface area contributed by atoms with E-state index in [1.165, 1.54) is 5.69 Å². The van der Waals surface area contributed by atoms with E-state index in [2.05, 4.69) is 16.5 Å². The Morgan fingerprint density at radius 2 is 2.00 bits per heavy atom. The van der Waals surface area contributed by atoms with E-state index in [0.717, 1.165) is 41.7 Å². The van der Waals surface area contributed by atoms with Gasteiger partial charge in [-0.1, -0.05) is 35.9 Å². The van der Waals surface area contributed by atoms with E-state index in [4.69, 9.17) is 4.74 Å². The SMILES string of the molecule is COc1ccccc1Cn1ncc2c1CCCC2NC(=O)c1ccc(C)cc1. The average molecular weight is 375 g/mol. The molecule has 144 valence electrons. The Morgan fingerprint density at radius 3 is 2.79 bits per heavy atom. The quantitative estimate of drug-likeness (QED) is 0.732.